The SMILES string of the molecule is Cc1nc(NC(C)c2ccccn2)cc(C2CC(C(C)C)NN2)n1. The van der Waals surface area contributed by atoms with E-state index in [1.54, 1.807) is 0 Å². The molecular weight excluding hydrogens is 300 g/mol. The Morgan fingerprint density at radius 2 is 2.00 bits per heavy atom. The molecule has 3 rings (SSSR count). The van der Waals surface area contributed by atoms with Crippen LogP contribution in [-0.2, 0) is 0 Å². The van der Waals surface area contributed by atoms with Crippen LogP contribution >= 0.6 is 0 Å². The molecule has 3 unspecified atom stereocenters. The Labute approximate surface area is 143 Å². The van der Waals surface area contributed by atoms with Crippen LogP contribution in [-0.4, -0.2) is 21.0 Å². The minimum absolute atomic E-state index is 0.0893. The first-order chi connectivity index (χ1) is 11.5. The molecule has 0 saturated carbocycles. The van der Waals surface area contributed by atoms with Crippen LogP contribution in [0.4, 0.5) is 5.82 Å². The molecule has 0 radical (unpaired) electrons. The Balaban J connectivity index is 1.75. The van der Waals surface area contributed by atoms with E-state index in [0.717, 1.165) is 29.5 Å². The third-order valence-electron chi connectivity index (χ3n) is 4.45. The zero-order valence-corrected chi connectivity index (χ0v) is 14.7. The van der Waals surface area contributed by atoms with Gasteiger partial charge in [0.25, 0.3) is 0 Å². The molecule has 0 spiro atoms. The molecule has 1 saturated heterocycles. The highest BCUT2D eigenvalue weighted by molar-refractivity contribution is 5.39. The Morgan fingerprint density at radius 3 is 2.67 bits per heavy atom. The summed E-state index contributed by atoms with van der Waals surface area (Å²) in [6.45, 7) is 8.48. The molecule has 0 amide bonds. The lowest BCUT2D eigenvalue weighted by Gasteiger charge is -2.16. The van der Waals surface area contributed by atoms with Crippen molar-refractivity contribution in [3.05, 3.63) is 47.7 Å². The first kappa shape index (κ1) is 16.8. The molecule has 1 aliphatic rings. The van der Waals surface area contributed by atoms with Crippen molar-refractivity contribution in [1.82, 2.24) is 25.8 Å². The second kappa shape index (κ2) is 7.23. The highest BCUT2D eigenvalue weighted by Gasteiger charge is 2.28. The number of hydrazine groups is 1. The molecule has 2 aromatic rings. The van der Waals surface area contributed by atoms with Crippen LogP contribution in [0.2, 0.25) is 0 Å². The first-order valence-electron chi connectivity index (χ1n) is 8.57. The van der Waals surface area contributed by atoms with Gasteiger partial charge in [-0.1, -0.05) is 19.9 Å². The summed E-state index contributed by atoms with van der Waals surface area (Å²) in [6, 6.07) is 8.74. The molecular formula is C18H26N6. The summed E-state index contributed by atoms with van der Waals surface area (Å²) in [5.41, 5.74) is 8.75. The van der Waals surface area contributed by atoms with Gasteiger partial charge in [0.1, 0.15) is 11.6 Å². The van der Waals surface area contributed by atoms with E-state index in [9.17, 15) is 0 Å². The fourth-order valence-corrected chi connectivity index (χ4v) is 2.98. The van der Waals surface area contributed by atoms with E-state index in [-0.39, 0.29) is 12.1 Å². The molecule has 0 aliphatic carbocycles. The summed E-state index contributed by atoms with van der Waals surface area (Å²) in [7, 11) is 0. The molecule has 0 aromatic carbocycles. The predicted octanol–water partition coefficient (Wildman–Crippen LogP) is 2.92. The Bertz CT molecular complexity index is 672. The summed E-state index contributed by atoms with van der Waals surface area (Å²) >= 11 is 0. The number of aryl methyl sites for hydroxylation is 1. The number of hydrogen-bond donors (Lipinski definition) is 3. The number of nitrogens with one attached hydrogen (secondary N) is 3. The van der Waals surface area contributed by atoms with Gasteiger partial charge in [-0.25, -0.2) is 15.4 Å². The van der Waals surface area contributed by atoms with Gasteiger partial charge in [0, 0.05) is 18.3 Å². The molecule has 1 fully saturated rings. The van der Waals surface area contributed by atoms with Crippen molar-refractivity contribution >= 4 is 5.82 Å². The maximum absolute atomic E-state index is 4.62. The van der Waals surface area contributed by atoms with E-state index < -0.39 is 0 Å². The van der Waals surface area contributed by atoms with Crippen molar-refractivity contribution in [2.45, 2.75) is 52.2 Å². The predicted molar refractivity (Wildman–Crippen MR) is 95.3 cm³/mol. The van der Waals surface area contributed by atoms with Crippen LogP contribution in [0.15, 0.2) is 30.5 Å². The van der Waals surface area contributed by atoms with E-state index in [1.807, 2.05) is 37.4 Å². The average Bonchev–Trinajstić information content (AvgIpc) is 3.05. The summed E-state index contributed by atoms with van der Waals surface area (Å²) in [5, 5.41) is 3.44. The van der Waals surface area contributed by atoms with E-state index in [1.165, 1.54) is 0 Å². The second-order valence-corrected chi connectivity index (χ2v) is 6.77. The van der Waals surface area contributed by atoms with Crippen molar-refractivity contribution in [1.29, 1.82) is 0 Å². The molecule has 3 N–H and O–H groups in total. The standard InChI is InChI=1S/C18H26N6/c1-11(2)15-9-17(24-23-15)16-10-18(22-13(4)21-16)20-12(3)14-7-5-6-8-19-14/h5-8,10-12,15,17,23-24H,9H2,1-4H3,(H,20,21,22). The number of rotatable bonds is 5. The summed E-state index contributed by atoms with van der Waals surface area (Å²) in [6.07, 6.45) is 2.84. The monoisotopic (exact) mass is 326 g/mol. The first-order valence-corrected chi connectivity index (χ1v) is 8.57. The van der Waals surface area contributed by atoms with Gasteiger partial charge in [-0.2, -0.15) is 0 Å². The lowest BCUT2D eigenvalue weighted by molar-refractivity contribution is 0.431. The molecule has 6 heteroatoms. The van der Waals surface area contributed by atoms with Gasteiger partial charge in [-0.3, -0.25) is 10.4 Å². The molecule has 24 heavy (non-hydrogen) atoms. The average molecular weight is 326 g/mol. The topological polar surface area (TPSA) is 74.8 Å². The lowest BCUT2D eigenvalue weighted by atomic mass is 9.98. The van der Waals surface area contributed by atoms with Crippen LogP contribution in [0.25, 0.3) is 0 Å². The third-order valence-corrected chi connectivity index (χ3v) is 4.45. The van der Waals surface area contributed by atoms with Gasteiger partial charge in [0.2, 0.25) is 0 Å². The fraction of sp³-hybridized carbons (Fsp3) is 0.500. The highest BCUT2D eigenvalue weighted by atomic mass is 15.4. The number of hydrogen-bond acceptors (Lipinski definition) is 6. The zero-order valence-electron chi connectivity index (χ0n) is 14.7. The van der Waals surface area contributed by atoms with Crippen molar-refractivity contribution in [3.63, 3.8) is 0 Å². The number of pyridine rings is 1. The van der Waals surface area contributed by atoms with Gasteiger partial charge in [0.05, 0.1) is 23.5 Å². The van der Waals surface area contributed by atoms with Gasteiger partial charge >= 0.3 is 0 Å². The fourth-order valence-electron chi connectivity index (χ4n) is 2.98. The van der Waals surface area contributed by atoms with Crippen molar-refractivity contribution in [2.75, 3.05) is 5.32 Å². The van der Waals surface area contributed by atoms with Crippen molar-refractivity contribution in [2.24, 2.45) is 5.92 Å². The Kier molecular flexibility index (Phi) is 5.06. The molecule has 0 bridgehead atoms. The van der Waals surface area contributed by atoms with Gasteiger partial charge in [-0.05, 0) is 38.3 Å². The zero-order chi connectivity index (χ0) is 17.1. The number of nitrogens with zero attached hydrogens (tertiary/aromatic N) is 3. The normalized spacial score (nSPS) is 21.9. The minimum atomic E-state index is 0.0893. The molecule has 2 aromatic heterocycles. The summed E-state index contributed by atoms with van der Waals surface area (Å²) in [5.74, 6) is 2.20. The molecule has 1 aliphatic heterocycles. The Hall–Kier alpha value is -2.05. The van der Waals surface area contributed by atoms with Crippen LogP contribution in [0.3, 0.4) is 0 Å². The second-order valence-electron chi connectivity index (χ2n) is 6.77. The van der Waals surface area contributed by atoms with Gasteiger partial charge in [-0.15, -0.1) is 0 Å². The van der Waals surface area contributed by atoms with Crippen LogP contribution in [0.1, 0.15) is 56.5 Å². The van der Waals surface area contributed by atoms with E-state index in [0.29, 0.717) is 12.0 Å². The van der Waals surface area contributed by atoms with E-state index >= 15 is 0 Å². The molecule has 6 nitrogen and oxygen atoms in total. The Morgan fingerprint density at radius 1 is 1.17 bits per heavy atom. The summed E-state index contributed by atoms with van der Waals surface area (Å²) < 4.78 is 0. The minimum Gasteiger partial charge on any atom is -0.362 e. The third kappa shape index (κ3) is 3.88. The number of anilines is 1. The summed E-state index contributed by atoms with van der Waals surface area (Å²) in [4.78, 5) is 13.5. The van der Waals surface area contributed by atoms with Crippen LogP contribution in [0.5, 0.6) is 0 Å². The number of aromatic nitrogens is 3. The molecule has 3 atom stereocenters. The molecule has 128 valence electrons. The van der Waals surface area contributed by atoms with Crippen molar-refractivity contribution in [3.8, 4) is 0 Å². The largest absolute Gasteiger partial charge is 0.362 e. The highest BCUT2D eigenvalue weighted by Crippen LogP contribution is 2.26. The quantitative estimate of drug-likeness (QED) is 0.784. The smallest absolute Gasteiger partial charge is 0.130 e. The lowest BCUT2D eigenvalue weighted by Crippen LogP contribution is -2.34. The van der Waals surface area contributed by atoms with E-state index in [2.05, 4.69) is 51.9 Å². The maximum Gasteiger partial charge on any atom is 0.130 e. The van der Waals surface area contributed by atoms with E-state index in [4.69, 9.17) is 0 Å². The maximum atomic E-state index is 4.62. The van der Waals surface area contributed by atoms with Crippen LogP contribution < -0.4 is 16.2 Å². The van der Waals surface area contributed by atoms with Gasteiger partial charge in [0.15, 0.2) is 0 Å². The van der Waals surface area contributed by atoms with Gasteiger partial charge < -0.3 is 5.32 Å². The van der Waals surface area contributed by atoms with Crippen LogP contribution in [0, 0.1) is 12.8 Å². The molecule has 3 heterocycles. The van der Waals surface area contributed by atoms with Crippen molar-refractivity contribution < 1.29 is 0 Å².